The van der Waals surface area contributed by atoms with E-state index in [1.807, 2.05) is 0 Å². The van der Waals surface area contributed by atoms with Gasteiger partial charge in [0.15, 0.2) is 5.11 Å². The Labute approximate surface area is 190 Å². The van der Waals surface area contributed by atoms with Crippen molar-refractivity contribution in [2.75, 3.05) is 55.0 Å². The summed E-state index contributed by atoms with van der Waals surface area (Å²) in [6.07, 6.45) is 5.63. The Bertz CT molecular complexity index is 886. The molecular weight excluding hydrogens is 408 g/mol. The lowest BCUT2D eigenvalue weighted by Crippen LogP contribution is -2.34. The summed E-state index contributed by atoms with van der Waals surface area (Å²) in [5.74, 6) is 2.49. The van der Waals surface area contributed by atoms with Gasteiger partial charge < -0.3 is 25.2 Å². The van der Waals surface area contributed by atoms with Crippen molar-refractivity contribution in [3.05, 3.63) is 41.5 Å². The van der Waals surface area contributed by atoms with Crippen molar-refractivity contribution >= 4 is 34.9 Å². The fourth-order valence-corrected chi connectivity index (χ4v) is 4.37. The van der Waals surface area contributed by atoms with Gasteiger partial charge in [-0.3, -0.25) is 0 Å². The van der Waals surface area contributed by atoms with E-state index in [1.165, 1.54) is 30.4 Å². The lowest BCUT2D eigenvalue weighted by Gasteiger charge is -2.32. The number of rotatable bonds is 7. The summed E-state index contributed by atoms with van der Waals surface area (Å²) in [5.41, 5.74) is 2.81. The van der Waals surface area contributed by atoms with E-state index in [2.05, 4.69) is 50.8 Å². The molecule has 2 aliphatic heterocycles. The summed E-state index contributed by atoms with van der Waals surface area (Å²) in [7, 11) is 1.71. The molecule has 1 aromatic carbocycles. The van der Waals surface area contributed by atoms with Gasteiger partial charge >= 0.3 is 0 Å². The zero-order chi connectivity index (χ0) is 21.5. The van der Waals surface area contributed by atoms with Gasteiger partial charge in [0, 0.05) is 52.5 Å². The van der Waals surface area contributed by atoms with Crippen molar-refractivity contribution in [3.8, 4) is 0 Å². The van der Waals surface area contributed by atoms with Crippen LogP contribution < -0.4 is 20.4 Å². The number of benzene rings is 1. The number of nitrogens with zero attached hydrogens (tertiary/aromatic N) is 4. The van der Waals surface area contributed by atoms with Gasteiger partial charge in [0.2, 0.25) is 5.95 Å². The van der Waals surface area contributed by atoms with E-state index in [4.69, 9.17) is 26.9 Å². The van der Waals surface area contributed by atoms with Gasteiger partial charge in [0.05, 0.1) is 0 Å². The Morgan fingerprint density at radius 2 is 1.77 bits per heavy atom. The van der Waals surface area contributed by atoms with Crippen LogP contribution in [-0.2, 0) is 17.7 Å². The molecule has 4 rings (SSSR count). The van der Waals surface area contributed by atoms with Crippen LogP contribution in [0, 0.1) is 0 Å². The second kappa shape index (κ2) is 10.7. The Hall–Kier alpha value is -2.45. The Morgan fingerprint density at radius 3 is 2.55 bits per heavy atom. The number of methoxy groups -OCH3 is 1. The van der Waals surface area contributed by atoms with Crippen molar-refractivity contribution in [1.82, 2.24) is 15.3 Å². The molecule has 0 spiro atoms. The zero-order valence-electron chi connectivity index (χ0n) is 18.3. The number of ether oxygens (including phenoxy) is 1. The smallest absolute Gasteiger partial charge is 0.232 e. The monoisotopic (exact) mass is 440 g/mol. The van der Waals surface area contributed by atoms with Crippen LogP contribution in [0.4, 0.5) is 17.6 Å². The fourth-order valence-electron chi connectivity index (χ4n) is 4.18. The highest BCUT2D eigenvalue weighted by Gasteiger charge is 2.21. The van der Waals surface area contributed by atoms with Crippen molar-refractivity contribution in [3.63, 3.8) is 0 Å². The third-order valence-corrected chi connectivity index (χ3v) is 6.12. The standard InChI is InChI=1S/C23H32N6OS/c1-30-15-7-11-24-23(31)27-22-25-20(28-12-5-2-6-13-28)16-21(26-22)29-14-10-18-8-3-4-9-19(18)17-29/h3-4,8-9,16H,2,5-7,10-15,17H2,1H3,(H2,24,25,26,27,31). The molecule has 0 bridgehead atoms. The van der Waals surface area contributed by atoms with Crippen molar-refractivity contribution in [1.29, 1.82) is 0 Å². The molecular formula is C23H32N6OS. The third kappa shape index (κ3) is 5.83. The van der Waals surface area contributed by atoms with Crippen molar-refractivity contribution < 1.29 is 4.74 Å². The lowest BCUT2D eigenvalue weighted by atomic mass is 10.00. The molecule has 1 aromatic heterocycles. The third-order valence-electron chi connectivity index (χ3n) is 5.87. The van der Waals surface area contributed by atoms with Crippen LogP contribution in [0.1, 0.15) is 36.8 Å². The molecule has 8 heteroatoms. The van der Waals surface area contributed by atoms with E-state index in [0.29, 0.717) is 17.7 Å². The van der Waals surface area contributed by atoms with E-state index in [9.17, 15) is 0 Å². The summed E-state index contributed by atoms with van der Waals surface area (Å²) in [4.78, 5) is 14.4. The first kappa shape index (κ1) is 21.8. The minimum absolute atomic E-state index is 0.543. The predicted octanol–water partition coefficient (Wildman–Crippen LogP) is 3.35. The van der Waals surface area contributed by atoms with Crippen LogP contribution in [0.25, 0.3) is 0 Å². The quantitative estimate of drug-likeness (QED) is 0.502. The maximum absolute atomic E-state index is 5.47. The van der Waals surface area contributed by atoms with Crippen LogP contribution in [-0.4, -0.2) is 55.0 Å². The van der Waals surface area contributed by atoms with Crippen LogP contribution in [0.5, 0.6) is 0 Å². The van der Waals surface area contributed by atoms with Gasteiger partial charge in [-0.25, -0.2) is 0 Å². The minimum atomic E-state index is 0.543. The van der Waals surface area contributed by atoms with Crippen LogP contribution >= 0.6 is 12.2 Å². The number of nitrogens with one attached hydrogen (secondary N) is 2. The molecule has 0 atom stereocenters. The van der Waals surface area contributed by atoms with Crippen molar-refractivity contribution in [2.45, 2.75) is 38.6 Å². The SMILES string of the molecule is COCCCNC(=S)Nc1nc(N2CCCCC2)cc(N2CCc3ccccc3C2)n1. The average molecular weight is 441 g/mol. The second-order valence-corrected chi connectivity index (χ2v) is 8.53. The second-order valence-electron chi connectivity index (χ2n) is 8.12. The molecule has 0 amide bonds. The lowest BCUT2D eigenvalue weighted by molar-refractivity contribution is 0.196. The molecule has 3 heterocycles. The number of anilines is 3. The van der Waals surface area contributed by atoms with Crippen LogP contribution in [0.15, 0.2) is 30.3 Å². The van der Waals surface area contributed by atoms with E-state index in [0.717, 1.165) is 57.2 Å². The summed E-state index contributed by atoms with van der Waals surface area (Å²) < 4.78 is 5.09. The topological polar surface area (TPSA) is 65.6 Å². The summed E-state index contributed by atoms with van der Waals surface area (Å²) in [5, 5.41) is 6.95. The largest absolute Gasteiger partial charge is 0.385 e. The Balaban J connectivity index is 1.53. The number of hydrogen-bond acceptors (Lipinski definition) is 6. The molecule has 2 N–H and O–H groups in total. The van der Waals surface area contributed by atoms with E-state index < -0.39 is 0 Å². The molecule has 2 aliphatic rings. The molecule has 1 saturated heterocycles. The summed E-state index contributed by atoms with van der Waals surface area (Å²) in [6.45, 7) is 5.35. The maximum atomic E-state index is 5.47. The molecule has 0 aliphatic carbocycles. The minimum Gasteiger partial charge on any atom is -0.385 e. The molecule has 31 heavy (non-hydrogen) atoms. The van der Waals surface area contributed by atoms with E-state index in [-0.39, 0.29) is 0 Å². The first-order valence-corrected chi connectivity index (χ1v) is 11.6. The average Bonchev–Trinajstić information content (AvgIpc) is 2.82. The van der Waals surface area contributed by atoms with Gasteiger partial charge in [0.1, 0.15) is 11.6 Å². The highest BCUT2D eigenvalue weighted by atomic mass is 32.1. The van der Waals surface area contributed by atoms with Crippen LogP contribution in [0.2, 0.25) is 0 Å². The predicted molar refractivity (Wildman–Crippen MR) is 130 cm³/mol. The number of piperidine rings is 1. The van der Waals surface area contributed by atoms with Gasteiger partial charge in [0.25, 0.3) is 0 Å². The van der Waals surface area contributed by atoms with E-state index >= 15 is 0 Å². The number of aromatic nitrogens is 2. The first-order valence-electron chi connectivity index (χ1n) is 11.2. The Morgan fingerprint density at radius 1 is 1.03 bits per heavy atom. The maximum Gasteiger partial charge on any atom is 0.232 e. The molecule has 0 saturated carbocycles. The fraction of sp³-hybridized carbons (Fsp3) is 0.522. The molecule has 1 fully saturated rings. The van der Waals surface area contributed by atoms with Gasteiger partial charge in [-0.1, -0.05) is 24.3 Å². The van der Waals surface area contributed by atoms with E-state index in [1.54, 1.807) is 7.11 Å². The molecule has 0 radical (unpaired) electrons. The molecule has 7 nitrogen and oxygen atoms in total. The number of hydrogen-bond donors (Lipinski definition) is 2. The van der Waals surface area contributed by atoms with Crippen LogP contribution in [0.3, 0.4) is 0 Å². The highest BCUT2D eigenvalue weighted by molar-refractivity contribution is 7.80. The van der Waals surface area contributed by atoms with Gasteiger partial charge in [-0.05, 0) is 55.4 Å². The zero-order valence-corrected chi connectivity index (χ0v) is 19.1. The molecule has 166 valence electrons. The Kier molecular flexibility index (Phi) is 7.53. The van der Waals surface area contributed by atoms with Gasteiger partial charge in [-0.15, -0.1) is 0 Å². The number of thiocarbonyl (C=S) groups is 1. The summed E-state index contributed by atoms with van der Waals surface area (Å²) >= 11 is 5.47. The number of fused-ring (bicyclic) bond motifs is 1. The molecule has 0 unspecified atom stereocenters. The highest BCUT2D eigenvalue weighted by Crippen LogP contribution is 2.28. The van der Waals surface area contributed by atoms with Crippen molar-refractivity contribution in [2.24, 2.45) is 0 Å². The normalized spacial score (nSPS) is 16.0. The first-order chi connectivity index (χ1) is 15.2. The van der Waals surface area contributed by atoms with Gasteiger partial charge in [-0.2, -0.15) is 9.97 Å². The summed E-state index contributed by atoms with van der Waals surface area (Å²) in [6, 6.07) is 10.8. The molecule has 2 aromatic rings.